The first-order valence-corrected chi connectivity index (χ1v) is 8.19. The summed E-state index contributed by atoms with van der Waals surface area (Å²) in [6.45, 7) is 1.64. The quantitative estimate of drug-likeness (QED) is 0.521. The summed E-state index contributed by atoms with van der Waals surface area (Å²) in [6, 6.07) is 4.57. The Labute approximate surface area is 139 Å². The number of carbonyl (C=O) groups is 2. The highest BCUT2D eigenvalue weighted by Gasteiger charge is 2.52. The summed E-state index contributed by atoms with van der Waals surface area (Å²) in [4.78, 5) is 35.0. The van der Waals surface area contributed by atoms with Gasteiger partial charge in [-0.15, -0.1) is 0 Å². The summed E-state index contributed by atoms with van der Waals surface area (Å²) in [5.74, 6) is -1.18. The maximum absolute atomic E-state index is 12.7. The van der Waals surface area contributed by atoms with E-state index in [0.29, 0.717) is 24.1 Å². The van der Waals surface area contributed by atoms with Crippen molar-refractivity contribution in [1.82, 2.24) is 0 Å². The second-order valence-electron chi connectivity index (χ2n) is 6.60. The average Bonchev–Trinajstić information content (AvgIpc) is 2.85. The predicted molar refractivity (Wildman–Crippen MR) is 86.5 cm³/mol. The Morgan fingerprint density at radius 1 is 1.33 bits per heavy atom. The minimum atomic E-state index is -0.698. The number of carbonyl (C=O) groups excluding carboxylic acids is 2. The molecule has 1 spiro atoms. The lowest BCUT2D eigenvalue weighted by Gasteiger charge is -2.36. The van der Waals surface area contributed by atoms with Gasteiger partial charge in [-0.05, 0) is 38.7 Å². The summed E-state index contributed by atoms with van der Waals surface area (Å²) in [5, 5.41) is 13.8. The van der Waals surface area contributed by atoms with Gasteiger partial charge in [0.05, 0.1) is 17.3 Å². The summed E-state index contributed by atoms with van der Waals surface area (Å²) in [7, 11) is 0. The molecule has 1 saturated carbocycles. The fraction of sp³-hybridized carbons (Fsp3) is 0.529. The van der Waals surface area contributed by atoms with E-state index >= 15 is 0 Å². The Hall–Kier alpha value is -2.44. The molecule has 1 aliphatic carbocycles. The van der Waals surface area contributed by atoms with Gasteiger partial charge in [0.25, 0.3) is 5.69 Å². The van der Waals surface area contributed by atoms with Gasteiger partial charge < -0.3 is 10.1 Å². The lowest BCUT2D eigenvalue weighted by atomic mass is 9.75. The molecule has 1 aromatic rings. The van der Waals surface area contributed by atoms with Crippen molar-refractivity contribution in [3.05, 3.63) is 33.9 Å². The van der Waals surface area contributed by atoms with Gasteiger partial charge >= 0.3 is 5.97 Å². The van der Waals surface area contributed by atoms with Gasteiger partial charge in [-0.2, -0.15) is 0 Å². The van der Waals surface area contributed by atoms with Crippen molar-refractivity contribution in [2.45, 2.75) is 51.0 Å². The highest BCUT2D eigenvalue weighted by molar-refractivity contribution is 5.97. The maximum atomic E-state index is 12.7. The lowest BCUT2D eigenvalue weighted by molar-refractivity contribution is -0.385. The summed E-state index contributed by atoms with van der Waals surface area (Å²) in [5.41, 5.74) is 0.151. The van der Waals surface area contributed by atoms with Crippen LogP contribution in [0, 0.1) is 23.0 Å². The third-order valence-corrected chi connectivity index (χ3v) is 5.01. The van der Waals surface area contributed by atoms with Crippen molar-refractivity contribution in [3.63, 3.8) is 0 Å². The average molecular weight is 332 g/mol. The Morgan fingerprint density at radius 2 is 2.04 bits per heavy atom. The number of rotatable bonds is 3. The highest BCUT2D eigenvalue weighted by atomic mass is 16.6. The molecule has 1 heterocycles. The van der Waals surface area contributed by atoms with E-state index in [9.17, 15) is 19.7 Å². The van der Waals surface area contributed by atoms with Crippen LogP contribution in [0.4, 0.5) is 11.4 Å². The number of nitrogens with zero attached hydrogens (tertiary/aromatic N) is 1. The van der Waals surface area contributed by atoms with E-state index in [4.69, 9.17) is 4.74 Å². The zero-order chi connectivity index (χ0) is 17.3. The van der Waals surface area contributed by atoms with E-state index in [1.807, 2.05) is 0 Å². The summed E-state index contributed by atoms with van der Waals surface area (Å²) < 4.78 is 5.53. The summed E-state index contributed by atoms with van der Waals surface area (Å²) in [6.07, 6.45) is 4.42. The van der Waals surface area contributed by atoms with Crippen LogP contribution < -0.4 is 5.32 Å². The molecule has 24 heavy (non-hydrogen) atoms. The van der Waals surface area contributed by atoms with E-state index in [0.717, 1.165) is 19.3 Å². The van der Waals surface area contributed by atoms with Crippen molar-refractivity contribution in [1.29, 1.82) is 0 Å². The third-order valence-electron chi connectivity index (χ3n) is 5.01. The third kappa shape index (κ3) is 2.98. The van der Waals surface area contributed by atoms with Crippen LogP contribution in [0.15, 0.2) is 18.2 Å². The molecule has 0 unspecified atom stereocenters. The Morgan fingerprint density at radius 3 is 2.71 bits per heavy atom. The van der Waals surface area contributed by atoms with Gasteiger partial charge in [-0.25, -0.2) is 0 Å². The molecule has 1 aliphatic heterocycles. The van der Waals surface area contributed by atoms with Gasteiger partial charge in [0.15, 0.2) is 0 Å². The fourth-order valence-corrected chi connectivity index (χ4v) is 3.74. The molecule has 128 valence electrons. The zero-order valence-corrected chi connectivity index (χ0v) is 13.5. The van der Waals surface area contributed by atoms with E-state index in [1.54, 1.807) is 19.1 Å². The SMILES string of the molecule is Cc1ccc(NC(=O)[C@@H]2CC(=O)OC23CCCCC3)cc1[N+](=O)[O-]. The lowest BCUT2D eigenvalue weighted by Crippen LogP contribution is -2.43. The summed E-state index contributed by atoms with van der Waals surface area (Å²) >= 11 is 0. The topological polar surface area (TPSA) is 98.5 Å². The van der Waals surface area contributed by atoms with E-state index in [2.05, 4.69) is 5.32 Å². The van der Waals surface area contributed by atoms with E-state index in [1.165, 1.54) is 6.07 Å². The van der Waals surface area contributed by atoms with Crippen LogP contribution in [0.1, 0.15) is 44.1 Å². The molecule has 7 heteroatoms. The molecule has 2 fully saturated rings. The molecule has 0 aromatic heterocycles. The van der Waals surface area contributed by atoms with Gasteiger partial charge in [0.2, 0.25) is 5.91 Å². The Bertz CT molecular complexity index is 694. The number of benzene rings is 1. The number of aryl methyl sites for hydroxylation is 1. The number of nitrogens with one attached hydrogen (secondary N) is 1. The number of ether oxygens (including phenoxy) is 1. The molecule has 1 atom stereocenters. The van der Waals surface area contributed by atoms with Gasteiger partial charge in [0, 0.05) is 17.3 Å². The number of nitro groups is 1. The predicted octanol–water partition coefficient (Wildman–Crippen LogP) is 3.11. The van der Waals surface area contributed by atoms with Crippen LogP contribution in [0.25, 0.3) is 0 Å². The monoisotopic (exact) mass is 332 g/mol. The number of nitro benzene ring substituents is 1. The normalized spacial score (nSPS) is 22.2. The van der Waals surface area contributed by atoms with Crippen LogP contribution in [-0.4, -0.2) is 22.4 Å². The van der Waals surface area contributed by atoms with Crippen molar-refractivity contribution < 1.29 is 19.2 Å². The van der Waals surface area contributed by atoms with Crippen LogP contribution in [0.2, 0.25) is 0 Å². The second-order valence-corrected chi connectivity index (χ2v) is 6.60. The Balaban J connectivity index is 1.80. The molecular formula is C17H20N2O5. The number of hydrogen-bond acceptors (Lipinski definition) is 5. The zero-order valence-electron chi connectivity index (χ0n) is 13.5. The largest absolute Gasteiger partial charge is 0.458 e. The van der Waals surface area contributed by atoms with Gasteiger partial charge in [-0.1, -0.05) is 12.5 Å². The van der Waals surface area contributed by atoms with Crippen molar-refractivity contribution >= 4 is 23.3 Å². The molecule has 0 radical (unpaired) electrons. The molecule has 3 rings (SSSR count). The van der Waals surface area contributed by atoms with Crippen LogP contribution in [0.3, 0.4) is 0 Å². The van der Waals surface area contributed by atoms with Crippen LogP contribution in [0.5, 0.6) is 0 Å². The molecular weight excluding hydrogens is 312 g/mol. The van der Waals surface area contributed by atoms with Gasteiger partial charge in [0.1, 0.15) is 5.60 Å². The van der Waals surface area contributed by atoms with Crippen LogP contribution >= 0.6 is 0 Å². The molecule has 0 bridgehead atoms. The smallest absolute Gasteiger partial charge is 0.307 e. The number of hydrogen-bond donors (Lipinski definition) is 1. The van der Waals surface area contributed by atoms with Crippen LogP contribution in [-0.2, 0) is 14.3 Å². The van der Waals surface area contributed by atoms with Crippen molar-refractivity contribution in [2.75, 3.05) is 5.32 Å². The molecule has 2 aliphatic rings. The standard InChI is InChI=1S/C17H20N2O5/c1-11-5-6-12(9-14(11)19(22)23)18-16(21)13-10-15(20)24-17(13)7-3-2-4-8-17/h5-6,9,13H,2-4,7-8,10H2,1H3,(H,18,21)/t13-/m0/s1. The maximum Gasteiger partial charge on any atom is 0.307 e. The second kappa shape index (κ2) is 6.22. The molecule has 1 amide bonds. The van der Waals surface area contributed by atoms with E-state index in [-0.39, 0.29) is 24.0 Å². The Kier molecular flexibility index (Phi) is 4.26. The molecule has 7 nitrogen and oxygen atoms in total. The first-order valence-electron chi connectivity index (χ1n) is 8.19. The van der Waals surface area contributed by atoms with Crippen molar-refractivity contribution in [3.8, 4) is 0 Å². The number of esters is 1. The molecule has 1 saturated heterocycles. The molecule has 1 aromatic carbocycles. The minimum Gasteiger partial charge on any atom is -0.458 e. The fourth-order valence-electron chi connectivity index (χ4n) is 3.74. The first-order chi connectivity index (χ1) is 11.4. The number of anilines is 1. The number of amides is 1. The minimum absolute atomic E-state index is 0.0427. The highest BCUT2D eigenvalue weighted by Crippen LogP contribution is 2.44. The first kappa shape index (κ1) is 16.4. The van der Waals surface area contributed by atoms with E-state index < -0.39 is 16.4 Å². The van der Waals surface area contributed by atoms with Crippen molar-refractivity contribution in [2.24, 2.45) is 5.92 Å². The van der Waals surface area contributed by atoms with Gasteiger partial charge in [-0.3, -0.25) is 19.7 Å². The molecule has 1 N–H and O–H groups in total.